The quantitative estimate of drug-likeness (QED) is 0.646. The van der Waals surface area contributed by atoms with E-state index in [4.69, 9.17) is 10.9 Å². The van der Waals surface area contributed by atoms with Gasteiger partial charge in [-0.25, -0.2) is 13.5 Å². The number of hydrogen-bond acceptors (Lipinski definition) is 5. The van der Waals surface area contributed by atoms with E-state index in [9.17, 15) is 13.6 Å². The van der Waals surface area contributed by atoms with Gasteiger partial charge in [-0.1, -0.05) is 11.8 Å². The van der Waals surface area contributed by atoms with E-state index in [0.29, 0.717) is 6.07 Å². The minimum Gasteiger partial charge on any atom is -0.481 e. The zero-order chi connectivity index (χ0) is 14.0. The summed E-state index contributed by atoms with van der Waals surface area (Å²) in [5, 5.41) is 16.0. The Bertz CT molecular complexity index is 632. The fraction of sp³-hybridized carbons (Fsp3) is 0.100. The predicted octanol–water partition coefficient (Wildman–Crippen LogP) is 1.11. The van der Waals surface area contributed by atoms with E-state index in [1.165, 1.54) is 6.07 Å². The predicted molar refractivity (Wildman–Crippen MR) is 63.9 cm³/mol. The normalized spacial score (nSPS) is 10.6. The van der Waals surface area contributed by atoms with Gasteiger partial charge in [-0.15, -0.1) is 10.2 Å². The molecule has 0 aliphatic heterocycles. The molecule has 1 aromatic carbocycles. The van der Waals surface area contributed by atoms with E-state index >= 15 is 0 Å². The summed E-state index contributed by atoms with van der Waals surface area (Å²) in [6, 6.07) is 2.95. The van der Waals surface area contributed by atoms with Crippen LogP contribution in [0.15, 0.2) is 23.4 Å². The van der Waals surface area contributed by atoms with Crippen molar-refractivity contribution in [3.63, 3.8) is 0 Å². The molecule has 0 unspecified atom stereocenters. The molecular weight excluding hydrogens is 278 g/mol. The molecule has 0 saturated heterocycles. The molecule has 0 fully saturated rings. The van der Waals surface area contributed by atoms with Crippen LogP contribution in [0, 0.1) is 11.6 Å². The van der Waals surface area contributed by atoms with Gasteiger partial charge in [0.05, 0.1) is 11.3 Å². The van der Waals surface area contributed by atoms with Gasteiger partial charge < -0.3 is 10.9 Å². The van der Waals surface area contributed by atoms with Crippen LogP contribution in [0.4, 0.5) is 8.78 Å². The summed E-state index contributed by atoms with van der Waals surface area (Å²) in [7, 11) is 0. The maximum absolute atomic E-state index is 13.6. The topological polar surface area (TPSA) is 94.0 Å². The molecule has 19 heavy (non-hydrogen) atoms. The zero-order valence-corrected chi connectivity index (χ0v) is 10.2. The number of thioether (sulfide) groups is 1. The van der Waals surface area contributed by atoms with Gasteiger partial charge in [0.15, 0.2) is 5.82 Å². The van der Waals surface area contributed by atoms with Crippen LogP contribution in [0.1, 0.15) is 0 Å². The molecule has 0 amide bonds. The first kappa shape index (κ1) is 13.3. The van der Waals surface area contributed by atoms with Gasteiger partial charge in [-0.3, -0.25) is 4.79 Å². The highest BCUT2D eigenvalue weighted by Gasteiger charge is 2.16. The third kappa shape index (κ3) is 2.81. The second-order valence-corrected chi connectivity index (χ2v) is 4.43. The highest BCUT2D eigenvalue weighted by atomic mass is 32.2. The number of carboxylic acid groups (broad SMARTS) is 1. The van der Waals surface area contributed by atoms with Crippen molar-refractivity contribution in [3.8, 4) is 11.4 Å². The van der Waals surface area contributed by atoms with Crippen molar-refractivity contribution in [1.29, 1.82) is 0 Å². The van der Waals surface area contributed by atoms with E-state index in [0.717, 1.165) is 22.5 Å². The smallest absolute Gasteiger partial charge is 0.313 e. The number of hydrogen-bond donors (Lipinski definition) is 2. The molecular formula is C10H8F2N4O2S. The summed E-state index contributed by atoms with van der Waals surface area (Å²) in [4.78, 5) is 10.4. The number of halogens is 2. The first-order chi connectivity index (χ1) is 8.99. The van der Waals surface area contributed by atoms with E-state index in [-0.39, 0.29) is 22.3 Å². The molecule has 0 atom stereocenters. The number of nitrogens with two attached hydrogens (primary N) is 1. The summed E-state index contributed by atoms with van der Waals surface area (Å²) in [5.41, 5.74) is -0.0152. The van der Waals surface area contributed by atoms with Crippen molar-refractivity contribution >= 4 is 17.7 Å². The first-order valence-electron chi connectivity index (χ1n) is 4.99. The molecule has 9 heteroatoms. The average molecular weight is 286 g/mol. The maximum Gasteiger partial charge on any atom is 0.313 e. The van der Waals surface area contributed by atoms with Gasteiger partial charge in [-0.05, 0) is 12.1 Å². The first-order valence-corrected chi connectivity index (χ1v) is 5.98. The number of aliphatic carboxylic acids is 1. The lowest BCUT2D eigenvalue weighted by Gasteiger charge is -2.03. The summed E-state index contributed by atoms with van der Waals surface area (Å²) in [6.45, 7) is 0. The van der Waals surface area contributed by atoms with Gasteiger partial charge >= 0.3 is 5.97 Å². The van der Waals surface area contributed by atoms with Gasteiger partial charge in [0, 0.05) is 6.07 Å². The standard InChI is InChI=1S/C10H8F2N4O2S/c11-5-1-2-6(7(12)3-5)9-14-15-10(16(9)13)19-4-8(17)18/h1-3H,4,13H2,(H,17,18). The molecule has 0 aliphatic rings. The van der Waals surface area contributed by atoms with Crippen LogP contribution in [-0.4, -0.2) is 31.7 Å². The number of nitrogens with zero attached hydrogens (tertiary/aromatic N) is 3. The van der Waals surface area contributed by atoms with Crippen LogP contribution in [0.2, 0.25) is 0 Å². The van der Waals surface area contributed by atoms with Gasteiger partial charge in [0.1, 0.15) is 11.6 Å². The van der Waals surface area contributed by atoms with E-state index in [2.05, 4.69) is 10.2 Å². The zero-order valence-electron chi connectivity index (χ0n) is 9.38. The third-order valence-corrected chi connectivity index (χ3v) is 3.09. The fourth-order valence-corrected chi connectivity index (χ4v) is 1.93. The summed E-state index contributed by atoms with van der Waals surface area (Å²) < 4.78 is 27.3. The Morgan fingerprint density at radius 2 is 2.16 bits per heavy atom. The lowest BCUT2D eigenvalue weighted by molar-refractivity contribution is -0.133. The minimum atomic E-state index is -1.04. The highest BCUT2D eigenvalue weighted by Crippen LogP contribution is 2.24. The summed E-state index contributed by atoms with van der Waals surface area (Å²) in [5.74, 6) is 2.81. The van der Waals surface area contributed by atoms with Crippen molar-refractivity contribution in [2.45, 2.75) is 5.16 Å². The minimum absolute atomic E-state index is 0.00890. The summed E-state index contributed by atoms with van der Waals surface area (Å²) in [6.07, 6.45) is 0. The van der Waals surface area contributed by atoms with Gasteiger partial charge in [0.25, 0.3) is 0 Å². The second kappa shape index (κ2) is 5.22. The second-order valence-electron chi connectivity index (χ2n) is 3.48. The lowest BCUT2D eigenvalue weighted by Crippen LogP contribution is -2.13. The van der Waals surface area contributed by atoms with Gasteiger partial charge in [-0.2, -0.15) is 0 Å². The monoisotopic (exact) mass is 286 g/mol. The maximum atomic E-state index is 13.6. The van der Waals surface area contributed by atoms with Crippen LogP contribution in [0.25, 0.3) is 11.4 Å². The van der Waals surface area contributed by atoms with Crippen LogP contribution in [0.3, 0.4) is 0 Å². The Hall–Kier alpha value is -2.16. The number of nitrogen functional groups attached to an aromatic ring is 1. The van der Waals surface area contributed by atoms with Crippen molar-refractivity contribution < 1.29 is 18.7 Å². The van der Waals surface area contributed by atoms with Crippen LogP contribution in [-0.2, 0) is 4.79 Å². The van der Waals surface area contributed by atoms with Crippen molar-refractivity contribution in [3.05, 3.63) is 29.8 Å². The molecule has 1 aromatic heterocycles. The Morgan fingerprint density at radius 3 is 2.79 bits per heavy atom. The van der Waals surface area contributed by atoms with Crippen molar-refractivity contribution in [1.82, 2.24) is 14.9 Å². The summed E-state index contributed by atoms with van der Waals surface area (Å²) >= 11 is 0.848. The molecule has 6 nitrogen and oxygen atoms in total. The molecule has 3 N–H and O–H groups in total. The lowest BCUT2D eigenvalue weighted by atomic mass is 10.2. The Labute approximate surface area is 110 Å². The van der Waals surface area contributed by atoms with Crippen molar-refractivity contribution in [2.75, 3.05) is 11.6 Å². The number of aromatic nitrogens is 3. The molecule has 0 aliphatic carbocycles. The molecule has 0 spiro atoms. The molecule has 2 aromatic rings. The fourth-order valence-electron chi connectivity index (χ4n) is 1.36. The van der Waals surface area contributed by atoms with Crippen LogP contribution in [0.5, 0.6) is 0 Å². The molecule has 100 valence electrons. The third-order valence-electron chi connectivity index (χ3n) is 2.16. The average Bonchev–Trinajstić information content (AvgIpc) is 2.68. The molecule has 2 rings (SSSR count). The van der Waals surface area contributed by atoms with E-state index < -0.39 is 17.6 Å². The number of carbonyl (C=O) groups is 1. The molecule has 1 heterocycles. The number of rotatable bonds is 4. The highest BCUT2D eigenvalue weighted by molar-refractivity contribution is 7.99. The number of carboxylic acids is 1. The Morgan fingerprint density at radius 1 is 1.42 bits per heavy atom. The van der Waals surface area contributed by atoms with Crippen molar-refractivity contribution in [2.24, 2.45) is 0 Å². The van der Waals surface area contributed by atoms with Crippen LogP contribution < -0.4 is 5.84 Å². The SMILES string of the molecule is Nn1c(SCC(=O)O)nnc1-c1ccc(F)cc1F. The molecule has 0 saturated carbocycles. The van der Waals surface area contributed by atoms with Gasteiger partial charge in [0.2, 0.25) is 5.16 Å². The molecule has 0 bridgehead atoms. The van der Waals surface area contributed by atoms with E-state index in [1.807, 2.05) is 0 Å². The van der Waals surface area contributed by atoms with Crippen LogP contribution >= 0.6 is 11.8 Å². The Kier molecular flexibility index (Phi) is 3.65. The Balaban J connectivity index is 2.33. The molecule has 0 radical (unpaired) electrons. The number of benzene rings is 1. The van der Waals surface area contributed by atoms with E-state index in [1.54, 1.807) is 0 Å². The largest absolute Gasteiger partial charge is 0.481 e.